The van der Waals surface area contributed by atoms with Crippen molar-refractivity contribution in [3.8, 4) is 0 Å². The molecule has 4 N–H and O–H groups in total. The Hall–Kier alpha value is -1.83. The summed E-state index contributed by atoms with van der Waals surface area (Å²) in [6.45, 7) is 5.54. The summed E-state index contributed by atoms with van der Waals surface area (Å²) in [5, 5.41) is 5.78. The molecule has 3 amide bonds. The fourth-order valence-corrected chi connectivity index (χ4v) is 1.77. The van der Waals surface area contributed by atoms with Crippen molar-refractivity contribution in [1.82, 2.24) is 21.5 Å². The highest BCUT2D eigenvalue weighted by molar-refractivity contribution is 5.78. The molecule has 0 heterocycles. The molecule has 20 heavy (non-hydrogen) atoms. The van der Waals surface area contributed by atoms with Gasteiger partial charge in [-0.2, -0.15) is 0 Å². The van der Waals surface area contributed by atoms with Crippen LogP contribution in [0.1, 0.15) is 33.6 Å². The fraction of sp³-hybridized carbons (Fsp3) is 0.750. The van der Waals surface area contributed by atoms with E-state index < -0.39 is 11.7 Å². The van der Waals surface area contributed by atoms with E-state index in [0.717, 1.165) is 12.8 Å². The molecule has 1 aliphatic carbocycles. The Labute approximate surface area is 118 Å². The number of ether oxygens (including phenoxy) is 1. The lowest BCUT2D eigenvalue weighted by atomic mass is 9.87. The van der Waals surface area contributed by atoms with Crippen LogP contribution in [0.2, 0.25) is 0 Å². The summed E-state index contributed by atoms with van der Waals surface area (Å²) in [4.78, 5) is 32.6. The van der Waals surface area contributed by atoms with Crippen molar-refractivity contribution in [2.75, 3.05) is 6.54 Å². The molecule has 0 aromatic heterocycles. The molecule has 1 fully saturated rings. The maximum Gasteiger partial charge on any atom is 0.407 e. The van der Waals surface area contributed by atoms with Crippen LogP contribution in [0.3, 0.4) is 0 Å². The maximum atomic E-state index is 11.5. The van der Waals surface area contributed by atoms with Crippen LogP contribution in [-0.2, 0) is 14.3 Å². The van der Waals surface area contributed by atoms with Gasteiger partial charge in [-0.05, 0) is 33.6 Å². The van der Waals surface area contributed by atoms with E-state index in [1.165, 1.54) is 0 Å². The monoisotopic (exact) mass is 286 g/mol. The third-order valence-corrected chi connectivity index (χ3v) is 2.68. The number of amides is 3. The SMILES string of the molecule is CC(C)(C)OC(=O)NC1CC(NCC(=O)NNC=O)C1. The Kier molecular flexibility index (Phi) is 5.75. The summed E-state index contributed by atoms with van der Waals surface area (Å²) < 4.78 is 5.15. The van der Waals surface area contributed by atoms with Gasteiger partial charge < -0.3 is 15.4 Å². The van der Waals surface area contributed by atoms with Crippen molar-refractivity contribution < 1.29 is 19.1 Å². The minimum absolute atomic E-state index is 0.0681. The molecule has 1 saturated carbocycles. The van der Waals surface area contributed by atoms with Crippen LogP contribution in [0.15, 0.2) is 0 Å². The van der Waals surface area contributed by atoms with Crippen molar-refractivity contribution in [3.05, 3.63) is 0 Å². The highest BCUT2D eigenvalue weighted by atomic mass is 16.6. The van der Waals surface area contributed by atoms with Crippen LogP contribution in [-0.4, -0.2) is 42.6 Å². The average Bonchev–Trinajstić information content (AvgIpc) is 2.26. The topological polar surface area (TPSA) is 109 Å². The lowest BCUT2D eigenvalue weighted by Gasteiger charge is -2.36. The van der Waals surface area contributed by atoms with Crippen LogP contribution in [0, 0.1) is 0 Å². The van der Waals surface area contributed by atoms with Gasteiger partial charge in [0.05, 0.1) is 6.54 Å². The van der Waals surface area contributed by atoms with Gasteiger partial charge in [0.2, 0.25) is 6.41 Å². The molecule has 0 unspecified atom stereocenters. The number of hydrazine groups is 1. The standard InChI is InChI=1S/C12H22N4O4/c1-12(2,3)20-11(19)15-9-4-8(5-9)13-6-10(18)16-14-7-17/h7-9,13H,4-6H2,1-3H3,(H,14,17)(H,15,19)(H,16,18). The number of nitrogens with one attached hydrogen (secondary N) is 4. The Morgan fingerprint density at radius 3 is 2.45 bits per heavy atom. The molecule has 0 spiro atoms. The zero-order valence-electron chi connectivity index (χ0n) is 12.0. The molecule has 0 bridgehead atoms. The summed E-state index contributed by atoms with van der Waals surface area (Å²) in [5.41, 5.74) is 3.76. The van der Waals surface area contributed by atoms with Gasteiger partial charge in [0.15, 0.2) is 0 Å². The summed E-state index contributed by atoms with van der Waals surface area (Å²) in [6, 6.07) is 0.246. The van der Waals surface area contributed by atoms with Crippen LogP contribution in [0.25, 0.3) is 0 Å². The van der Waals surface area contributed by atoms with Crippen molar-refractivity contribution in [1.29, 1.82) is 0 Å². The summed E-state index contributed by atoms with van der Waals surface area (Å²) in [7, 11) is 0. The molecule has 0 aromatic rings. The van der Waals surface area contributed by atoms with E-state index in [1.54, 1.807) is 0 Å². The van der Waals surface area contributed by atoms with Gasteiger partial charge in [-0.15, -0.1) is 0 Å². The summed E-state index contributed by atoms with van der Waals surface area (Å²) >= 11 is 0. The van der Waals surface area contributed by atoms with Crippen molar-refractivity contribution >= 4 is 18.4 Å². The molecular weight excluding hydrogens is 264 g/mol. The molecule has 0 radical (unpaired) electrons. The van der Waals surface area contributed by atoms with Gasteiger partial charge in [0, 0.05) is 12.1 Å². The second-order valence-electron chi connectivity index (χ2n) is 5.70. The van der Waals surface area contributed by atoms with E-state index in [4.69, 9.17) is 4.74 Å². The first kappa shape index (κ1) is 16.2. The predicted molar refractivity (Wildman–Crippen MR) is 71.5 cm³/mol. The summed E-state index contributed by atoms with van der Waals surface area (Å²) in [6.07, 6.45) is 1.46. The Bertz CT molecular complexity index is 361. The number of carbonyl (C=O) groups is 3. The molecule has 0 atom stereocenters. The first-order valence-corrected chi connectivity index (χ1v) is 6.51. The highest BCUT2D eigenvalue weighted by Crippen LogP contribution is 2.20. The van der Waals surface area contributed by atoms with Crippen LogP contribution >= 0.6 is 0 Å². The number of carbonyl (C=O) groups excluding carboxylic acids is 3. The minimum Gasteiger partial charge on any atom is -0.444 e. The number of hydrogen-bond donors (Lipinski definition) is 4. The van der Waals surface area contributed by atoms with Crippen molar-refractivity contribution in [2.24, 2.45) is 0 Å². The molecule has 8 heteroatoms. The third kappa shape index (κ3) is 6.37. The van der Waals surface area contributed by atoms with Crippen molar-refractivity contribution in [2.45, 2.75) is 51.3 Å². The van der Waals surface area contributed by atoms with E-state index >= 15 is 0 Å². The van der Waals surface area contributed by atoms with Crippen LogP contribution in [0.4, 0.5) is 4.79 Å². The molecule has 0 aromatic carbocycles. The largest absolute Gasteiger partial charge is 0.444 e. The zero-order chi connectivity index (χ0) is 15.2. The van der Waals surface area contributed by atoms with E-state index in [1.807, 2.05) is 20.8 Å². The fourth-order valence-electron chi connectivity index (χ4n) is 1.77. The normalized spacial score (nSPS) is 21.4. The van der Waals surface area contributed by atoms with E-state index in [0.29, 0.717) is 6.41 Å². The number of hydrogen-bond acceptors (Lipinski definition) is 5. The van der Waals surface area contributed by atoms with Gasteiger partial charge in [-0.25, -0.2) is 4.79 Å². The molecule has 114 valence electrons. The van der Waals surface area contributed by atoms with E-state index in [-0.39, 0.29) is 24.5 Å². The first-order chi connectivity index (χ1) is 9.30. The lowest BCUT2D eigenvalue weighted by Crippen LogP contribution is -2.55. The average molecular weight is 286 g/mol. The van der Waals surface area contributed by atoms with Crippen LogP contribution in [0.5, 0.6) is 0 Å². The van der Waals surface area contributed by atoms with Crippen molar-refractivity contribution in [3.63, 3.8) is 0 Å². The quantitative estimate of drug-likeness (QED) is 0.385. The molecular formula is C12H22N4O4. The van der Waals surface area contributed by atoms with Gasteiger partial charge in [0.25, 0.3) is 5.91 Å². The van der Waals surface area contributed by atoms with Gasteiger partial charge in [-0.1, -0.05) is 0 Å². The second kappa shape index (κ2) is 7.09. The van der Waals surface area contributed by atoms with E-state index in [2.05, 4.69) is 21.5 Å². The second-order valence-corrected chi connectivity index (χ2v) is 5.70. The highest BCUT2D eigenvalue weighted by Gasteiger charge is 2.31. The summed E-state index contributed by atoms with van der Waals surface area (Å²) in [5.74, 6) is -0.319. The Morgan fingerprint density at radius 2 is 1.90 bits per heavy atom. The molecule has 1 rings (SSSR count). The Balaban J connectivity index is 2.09. The molecule has 1 aliphatic rings. The van der Waals surface area contributed by atoms with E-state index in [9.17, 15) is 14.4 Å². The lowest BCUT2D eigenvalue weighted by molar-refractivity contribution is -0.124. The minimum atomic E-state index is -0.505. The molecule has 8 nitrogen and oxygen atoms in total. The van der Waals surface area contributed by atoms with Gasteiger partial charge in [0.1, 0.15) is 5.60 Å². The van der Waals surface area contributed by atoms with Gasteiger partial charge in [-0.3, -0.25) is 20.4 Å². The number of rotatable bonds is 6. The Morgan fingerprint density at radius 1 is 1.25 bits per heavy atom. The predicted octanol–water partition coefficient (Wildman–Crippen LogP) is -0.591. The smallest absolute Gasteiger partial charge is 0.407 e. The first-order valence-electron chi connectivity index (χ1n) is 6.51. The number of alkyl carbamates (subject to hydrolysis) is 1. The molecule has 0 aliphatic heterocycles. The van der Waals surface area contributed by atoms with Gasteiger partial charge >= 0.3 is 6.09 Å². The maximum absolute atomic E-state index is 11.5. The zero-order valence-corrected chi connectivity index (χ0v) is 12.0. The van der Waals surface area contributed by atoms with Crippen LogP contribution < -0.4 is 21.5 Å². The third-order valence-electron chi connectivity index (χ3n) is 2.68. The molecule has 0 saturated heterocycles.